The Bertz CT molecular complexity index is 501. The highest BCUT2D eigenvalue weighted by Gasteiger charge is 2.19. The molecule has 0 spiro atoms. The van der Waals surface area contributed by atoms with E-state index in [4.69, 9.17) is 0 Å². The molecule has 1 aromatic rings. The Kier molecular flexibility index (Phi) is 5.86. The van der Waals surface area contributed by atoms with Gasteiger partial charge in [0.2, 0.25) is 5.91 Å². The standard InChI is InChI=1S/C17H30N4O/c1-5-21-15(4)17(14(3)19-21)18-13(2)12-16(22)20-10-8-6-7-9-11-20/h13,18H,5-12H2,1-4H3/t13-/m1/s1. The maximum absolute atomic E-state index is 12.4. The summed E-state index contributed by atoms with van der Waals surface area (Å²) in [5.41, 5.74) is 3.24. The minimum absolute atomic E-state index is 0.127. The van der Waals surface area contributed by atoms with Gasteiger partial charge in [0.05, 0.1) is 17.1 Å². The van der Waals surface area contributed by atoms with E-state index in [9.17, 15) is 4.79 Å². The van der Waals surface area contributed by atoms with Crippen molar-refractivity contribution < 1.29 is 4.79 Å². The molecule has 124 valence electrons. The van der Waals surface area contributed by atoms with E-state index in [1.165, 1.54) is 12.8 Å². The van der Waals surface area contributed by atoms with Crippen molar-refractivity contribution in [2.75, 3.05) is 18.4 Å². The van der Waals surface area contributed by atoms with Crippen molar-refractivity contribution in [1.82, 2.24) is 14.7 Å². The number of aryl methyl sites for hydroxylation is 2. The molecule has 1 N–H and O–H groups in total. The number of nitrogens with one attached hydrogen (secondary N) is 1. The van der Waals surface area contributed by atoms with E-state index in [1.807, 2.05) is 16.5 Å². The molecule has 1 aromatic heterocycles. The molecule has 1 aliphatic heterocycles. The van der Waals surface area contributed by atoms with Gasteiger partial charge in [-0.2, -0.15) is 5.10 Å². The van der Waals surface area contributed by atoms with E-state index in [1.54, 1.807) is 0 Å². The molecule has 0 radical (unpaired) electrons. The molecule has 0 aromatic carbocycles. The van der Waals surface area contributed by atoms with Crippen molar-refractivity contribution in [3.63, 3.8) is 0 Å². The second-order valence-corrected chi connectivity index (χ2v) is 6.41. The van der Waals surface area contributed by atoms with Gasteiger partial charge in [-0.25, -0.2) is 0 Å². The monoisotopic (exact) mass is 306 g/mol. The number of nitrogens with zero attached hydrogens (tertiary/aromatic N) is 3. The molecule has 0 saturated carbocycles. The van der Waals surface area contributed by atoms with Crippen LogP contribution in [0.15, 0.2) is 0 Å². The average molecular weight is 306 g/mol. The van der Waals surface area contributed by atoms with Crippen molar-refractivity contribution in [3.8, 4) is 0 Å². The van der Waals surface area contributed by atoms with Crippen LogP contribution in [0.5, 0.6) is 0 Å². The Morgan fingerprint density at radius 1 is 1.23 bits per heavy atom. The predicted molar refractivity (Wildman–Crippen MR) is 90.1 cm³/mol. The summed E-state index contributed by atoms with van der Waals surface area (Å²) in [6.45, 7) is 11.0. The molecule has 1 amide bonds. The molecule has 5 nitrogen and oxygen atoms in total. The van der Waals surface area contributed by atoms with Crippen LogP contribution in [-0.4, -0.2) is 39.7 Å². The lowest BCUT2D eigenvalue weighted by Gasteiger charge is -2.23. The number of rotatable bonds is 5. The van der Waals surface area contributed by atoms with Gasteiger partial charge in [0.15, 0.2) is 0 Å². The van der Waals surface area contributed by atoms with E-state index in [2.05, 4.69) is 31.2 Å². The number of amides is 1. The zero-order valence-electron chi connectivity index (χ0n) is 14.5. The zero-order chi connectivity index (χ0) is 16.1. The van der Waals surface area contributed by atoms with Crippen molar-refractivity contribution in [2.24, 2.45) is 0 Å². The van der Waals surface area contributed by atoms with Crippen LogP contribution in [-0.2, 0) is 11.3 Å². The van der Waals surface area contributed by atoms with Gasteiger partial charge in [0.25, 0.3) is 0 Å². The van der Waals surface area contributed by atoms with Crippen molar-refractivity contribution >= 4 is 11.6 Å². The van der Waals surface area contributed by atoms with Gasteiger partial charge >= 0.3 is 0 Å². The summed E-state index contributed by atoms with van der Waals surface area (Å²) >= 11 is 0. The fourth-order valence-corrected chi connectivity index (χ4v) is 3.22. The molecule has 2 rings (SSSR count). The molecule has 0 aliphatic carbocycles. The van der Waals surface area contributed by atoms with E-state index < -0.39 is 0 Å². The largest absolute Gasteiger partial charge is 0.379 e. The molecule has 0 unspecified atom stereocenters. The second-order valence-electron chi connectivity index (χ2n) is 6.41. The van der Waals surface area contributed by atoms with E-state index in [0.29, 0.717) is 6.42 Å². The summed E-state index contributed by atoms with van der Waals surface area (Å²) in [5.74, 6) is 0.278. The van der Waals surface area contributed by atoms with Crippen LogP contribution in [0.3, 0.4) is 0 Å². The Labute approximate surface area is 134 Å². The highest BCUT2D eigenvalue weighted by Crippen LogP contribution is 2.21. The number of carbonyl (C=O) groups is 1. The topological polar surface area (TPSA) is 50.2 Å². The second kappa shape index (κ2) is 7.65. The Morgan fingerprint density at radius 3 is 2.41 bits per heavy atom. The fourth-order valence-electron chi connectivity index (χ4n) is 3.22. The predicted octanol–water partition coefficient (Wildman–Crippen LogP) is 3.11. The molecule has 1 saturated heterocycles. The maximum Gasteiger partial charge on any atom is 0.224 e. The molecule has 5 heteroatoms. The van der Waals surface area contributed by atoms with E-state index in [-0.39, 0.29) is 11.9 Å². The van der Waals surface area contributed by atoms with Crippen molar-refractivity contribution in [3.05, 3.63) is 11.4 Å². The van der Waals surface area contributed by atoms with E-state index in [0.717, 1.165) is 49.6 Å². The average Bonchev–Trinajstić information content (AvgIpc) is 2.71. The first-order valence-electron chi connectivity index (χ1n) is 8.61. The van der Waals surface area contributed by atoms with Crippen LogP contribution in [0.2, 0.25) is 0 Å². The summed E-state index contributed by atoms with van der Waals surface area (Å²) < 4.78 is 2.00. The first kappa shape index (κ1) is 16.8. The van der Waals surface area contributed by atoms with Crippen LogP contribution in [0.25, 0.3) is 0 Å². The number of aromatic nitrogens is 2. The first-order valence-corrected chi connectivity index (χ1v) is 8.61. The van der Waals surface area contributed by atoms with Gasteiger partial charge in [0, 0.05) is 32.1 Å². The lowest BCUT2D eigenvalue weighted by Crippen LogP contribution is -2.35. The van der Waals surface area contributed by atoms with E-state index >= 15 is 0 Å². The summed E-state index contributed by atoms with van der Waals surface area (Å²) in [5, 5.41) is 8.01. The Morgan fingerprint density at radius 2 is 1.86 bits per heavy atom. The minimum atomic E-state index is 0.127. The third-order valence-corrected chi connectivity index (χ3v) is 4.51. The van der Waals surface area contributed by atoms with Crippen molar-refractivity contribution in [2.45, 2.75) is 72.4 Å². The van der Waals surface area contributed by atoms with Gasteiger partial charge < -0.3 is 10.2 Å². The highest BCUT2D eigenvalue weighted by atomic mass is 16.2. The van der Waals surface area contributed by atoms with Crippen LogP contribution in [0, 0.1) is 13.8 Å². The summed E-state index contributed by atoms with van der Waals surface area (Å²) in [4.78, 5) is 14.5. The molecular weight excluding hydrogens is 276 g/mol. The lowest BCUT2D eigenvalue weighted by molar-refractivity contribution is -0.131. The quantitative estimate of drug-likeness (QED) is 0.909. The van der Waals surface area contributed by atoms with Crippen LogP contribution in [0.1, 0.15) is 57.3 Å². The SMILES string of the molecule is CCn1nc(C)c(N[C@H](C)CC(=O)N2CCCCCC2)c1C. The molecular formula is C17H30N4O. The Hall–Kier alpha value is -1.52. The number of carbonyl (C=O) groups excluding carboxylic acids is 1. The molecule has 2 heterocycles. The van der Waals surface area contributed by atoms with Gasteiger partial charge in [0.1, 0.15) is 0 Å². The van der Waals surface area contributed by atoms with Gasteiger partial charge in [-0.1, -0.05) is 12.8 Å². The molecule has 1 aliphatic rings. The third kappa shape index (κ3) is 4.02. The molecule has 1 fully saturated rings. The number of anilines is 1. The van der Waals surface area contributed by atoms with Gasteiger partial charge in [-0.05, 0) is 40.5 Å². The normalized spacial score (nSPS) is 17.2. The van der Waals surface area contributed by atoms with Gasteiger partial charge in [-0.15, -0.1) is 0 Å². The van der Waals surface area contributed by atoms with Crippen LogP contribution in [0.4, 0.5) is 5.69 Å². The summed E-state index contributed by atoms with van der Waals surface area (Å²) in [6.07, 6.45) is 5.36. The van der Waals surface area contributed by atoms with Crippen LogP contribution >= 0.6 is 0 Å². The van der Waals surface area contributed by atoms with Gasteiger partial charge in [-0.3, -0.25) is 9.48 Å². The fraction of sp³-hybridized carbons (Fsp3) is 0.765. The number of hydrogen-bond donors (Lipinski definition) is 1. The first-order chi connectivity index (χ1) is 10.5. The molecule has 22 heavy (non-hydrogen) atoms. The lowest BCUT2D eigenvalue weighted by atomic mass is 10.2. The smallest absolute Gasteiger partial charge is 0.224 e. The summed E-state index contributed by atoms with van der Waals surface area (Å²) in [6, 6.07) is 0.127. The minimum Gasteiger partial charge on any atom is -0.379 e. The third-order valence-electron chi connectivity index (χ3n) is 4.51. The Balaban J connectivity index is 1.93. The van der Waals surface area contributed by atoms with Crippen LogP contribution < -0.4 is 5.32 Å². The maximum atomic E-state index is 12.4. The summed E-state index contributed by atoms with van der Waals surface area (Å²) in [7, 11) is 0. The van der Waals surface area contributed by atoms with Crippen molar-refractivity contribution in [1.29, 1.82) is 0 Å². The molecule has 0 bridgehead atoms. The zero-order valence-corrected chi connectivity index (χ0v) is 14.5. The molecule has 1 atom stereocenters. The number of likely N-dealkylation sites (tertiary alicyclic amines) is 1. The number of hydrogen-bond acceptors (Lipinski definition) is 3. The highest BCUT2D eigenvalue weighted by molar-refractivity contribution is 5.77.